The second kappa shape index (κ2) is 10.7. The molecule has 9 heteroatoms. The Balaban J connectivity index is 1.83. The van der Waals surface area contributed by atoms with Crippen molar-refractivity contribution >= 4 is 29.6 Å². The van der Waals surface area contributed by atoms with Crippen molar-refractivity contribution in [3.8, 4) is 5.75 Å². The van der Waals surface area contributed by atoms with Gasteiger partial charge in [0.25, 0.3) is 0 Å². The number of rotatable bonds is 9. The van der Waals surface area contributed by atoms with Crippen molar-refractivity contribution < 1.29 is 28.6 Å². The maximum atomic E-state index is 12.1. The fourth-order valence-corrected chi connectivity index (χ4v) is 2.85. The molecule has 0 saturated carbocycles. The molecule has 2 N–H and O–H groups in total. The van der Waals surface area contributed by atoms with Crippen LogP contribution in [0.4, 0.5) is 4.79 Å². The van der Waals surface area contributed by atoms with E-state index in [1.165, 1.54) is 0 Å². The molecule has 0 spiro atoms. The number of urea groups is 1. The minimum atomic E-state index is -0.565. The van der Waals surface area contributed by atoms with Crippen molar-refractivity contribution in [2.24, 2.45) is 0 Å². The summed E-state index contributed by atoms with van der Waals surface area (Å²) in [6.45, 7) is 5.54. The largest absolute Gasteiger partial charge is 0.494 e. The highest BCUT2D eigenvalue weighted by Crippen LogP contribution is 2.21. The zero-order valence-electron chi connectivity index (χ0n) is 16.7. The summed E-state index contributed by atoms with van der Waals surface area (Å²) < 4.78 is 15.8. The van der Waals surface area contributed by atoms with Gasteiger partial charge in [-0.15, -0.1) is 0 Å². The predicted molar refractivity (Wildman–Crippen MR) is 107 cm³/mol. The SMILES string of the molecule is CCOC(=O)C1=C(COC(=O)CCCOc2ccc(Cl)c(C)c2)NC(=O)N[C@@H]1C. The number of nitrogens with one attached hydrogen (secondary N) is 2. The molecule has 0 fully saturated rings. The van der Waals surface area contributed by atoms with Crippen LogP contribution in [0.25, 0.3) is 0 Å². The summed E-state index contributed by atoms with van der Waals surface area (Å²) in [5.74, 6) is -0.349. The number of esters is 2. The van der Waals surface area contributed by atoms with E-state index in [1.54, 1.807) is 26.0 Å². The Morgan fingerprint density at radius 2 is 2.00 bits per heavy atom. The first-order valence-electron chi connectivity index (χ1n) is 9.34. The Kier molecular flexibility index (Phi) is 8.33. The lowest BCUT2D eigenvalue weighted by molar-refractivity contribution is -0.144. The van der Waals surface area contributed by atoms with Crippen LogP contribution in [0.5, 0.6) is 5.75 Å². The molecule has 1 aromatic rings. The van der Waals surface area contributed by atoms with Crippen molar-refractivity contribution in [2.45, 2.75) is 39.7 Å². The van der Waals surface area contributed by atoms with Crippen molar-refractivity contribution in [3.05, 3.63) is 40.1 Å². The Bertz CT molecular complexity index is 808. The number of carbonyl (C=O) groups is 3. The molecular weight excluding hydrogens is 400 g/mol. The molecule has 0 aromatic heterocycles. The van der Waals surface area contributed by atoms with Gasteiger partial charge in [-0.1, -0.05) is 11.6 Å². The van der Waals surface area contributed by atoms with Crippen LogP contribution in [-0.4, -0.2) is 43.8 Å². The molecule has 1 heterocycles. The van der Waals surface area contributed by atoms with Crippen molar-refractivity contribution in [1.29, 1.82) is 0 Å². The number of hydrogen-bond acceptors (Lipinski definition) is 6. The first-order valence-corrected chi connectivity index (χ1v) is 9.71. The van der Waals surface area contributed by atoms with Crippen molar-refractivity contribution in [3.63, 3.8) is 0 Å². The van der Waals surface area contributed by atoms with E-state index in [0.29, 0.717) is 23.8 Å². The summed E-state index contributed by atoms with van der Waals surface area (Å²) in [6, 6.07) is 4.32. The monoisotopic (exact) mass is 424 g/mol. The Morgan fingerprint density at radius 1 is 1.24 bits per heavy atom. The molecule has 158 valence electrons. The van der Waals surface area contributed by atoms with E-state index < -0.39 is 24.0 Å². The van der Waals surface area contributed by atoms with Crippen LogP contribution in [0.2, 0.25) is 5.02 Å². The van der Waals surface area contributed by atoms with Gasteiger partial charge in [0.1, 0.15) is 12.4 Å². The maximum Gasteiger partial charge on any atom is 0.338 e. The van der Waals surface area contributed by atoms with E-state index in [0.717, 1.165) is 5.56 Å². The quantitative estimate of drug-likeness (QED) is 0.466. The van der Waals surface area contributed by atoms with Gasteiger partial charge < -0.3 is 24.8 Å². The molecule has 1 aliphatic heterocycles. The van der Waals surface area contributed by atoms with E-state index in [9.17, 15) is 14.4 Å². The molecule has 0 bridgehead atoms. The molecule has 29 heavy (non-hydrogen) atoms. The van der Waals surface area contributed by atoms with Crippen molar-refractivity contribution in [1.82, 2.24) is 10.6 Å². The van der Waals surface area contributed by atoms with E-state index in [2.05, 4.69) is 10.6 Å². The van der Waals surface area contributed by atoms with Gasteiger partial charge in [-0.25, -0.2) is 9.59 Å². The lowest BCUT2D eigenvalue weighted by Gasteiger charge is -2.26. The topological polar surface area (TPSA) is 103 Å². The Labute approximate surface area is 174 Å². The molecule has 2 amide bonds. The third kappa shape index (κ3) is 6.67. The van der Waals surface area contributed by atoms with Gasteiger partial charge in [0, 0.05) is 11.4 Å². The Hall–Kier alpha value is -2.74. The second-order valence-corrected chi connectivity index (χ2v) is 6.86. The summed E-state index contributed by atoms with van der Waals surface area (Å²) in [5.41, 5.74) is 1.37. The number of halogens is 1. The molecule has 1 aromatic carbocycles. The summed E-state index contributed by atoms with van der Waals surface area (Å²) in [6.07, 6.45) is 0.588. The van der Waals surface area contributed by atoms with Gasteiger partial charge in [-0.3, -0.25) is 4.79 Å². The minimum absolute atomic E-state index is 0.135. The van der Waals surface area contributed by atoms with Crippen LogP contribution in [0.1, 0.15) is 32.3 Å². The molecule has 2 rings (SSSR count). The lowest BCUT2D eigenvalue weighted by atomic mass is 10.0. The van der Waals surface area contributed by atoms with Crippen molar-refractivity contribution in [2.75, 3.05) is 19.8 Å². The summed E-state index contributed by atoms with van der Waals surface area (Å²) >= 11 is 5.97. The number of carbonyl (C=O) groups excluding carboxylic acids is 3. The highest BCUT2D eigenvalue weighted by atomic mass is 35.5. The van der Waals surface area contributed by atoms with Crippen LogP contribution in [-0.2, 0) is 19.1 Å². The third-order valence-electron chi connectivity index (χ3n) is 4.17. The van der Waals surface area contributed by atoms with Crippen LogP contribution >= 0.6 is 11.6 Å². The lowest BCUT2D eigenvalue weighted by Crippen LogP contribution is -2.50. The number of hydrogen-bond donors (Lipinski definition) is 2. The highest BCUT2D eigenvalue weighted by Gasteiger charge is 2.30. The van der Waals surface area contributed by atoms with Gasteiger partial charge in [-0.2, -0.15) is 0 Å². The molecule has 0 radical (unpaired) electrons. The number of ether oxygens (including phenoxy) is 3. The minimum Gasteiger partial charge on any atom is -0.494 e. The fraction of sp³-hybridized carbons (Fsp3) is 0.450. The van der Waals surface area contributed by atoms with Gasteiger partial charge in [0.15, 0.2) is 0 Å². The average Bonchev–Trinajstić information content (AvgIpc) is 2.66. The van der Waals surface area contributed by atoms with Crippen LogP contribution < -0.4 is 15.4 Å². The standard InChI is InChI=1S/C20H25ClN2O6/c1-4-27-19(25)18-13(3)22-20(26)23-16(18)11-29-17(24)6-5-9-28-14-7-8-15(21)12(2)10-14/h7-8,10,13H,4-6,9,11H2,1-3H3,(H2,22,23,26)/t13-/m1/s1. The first kappa shape index (κ1) is 22.5. The molecule has 0 saturated heterocycles. The molecule has 0 aliphatic carbocycles. The molecule has 8 nitrogen and oxygen atoms in total. The first-order chi connectivity index (χ1) is 13.8. The fourth-order valence-electron chi connectivity index (χ4n) is 2.73. The number of aryl methyl sites for hydroxylation is 1. The van der Waals surface area contributed by atoms with Gasteiger partial charge in [0.05, 0.1) is 30.5 Å². The maximum absolute atomic E-state index is 12.1. The van der Waals surface area contributed by atoms with Crippen LogP contribution in [0.3, 0.4) is 0 Å². The second-order valence-electron chi connectivity index (χ2n) is 6.46. The smallest absolute Gasteiger partial charge is 0.338 e. The molecule has 1 aliphatic rings. The van der Waals surface area contributed by atoms with E-state index >= 15 is 0 Å². The molecular formula is C20H25ClN2O6. The molecule has 0 unspecified atom stereocenters. The highest BCUT2D eigenvalue weighted by molar-refractivity contribution is 6.31. The van der Waals surface area contributed by atoms with Crippen LogP contribution in [0, 0.1) is 6.92 Å². The number of amides is 2. The molecule has 1 atom stereocenters. The van der Waals surface area contributed by atoms with E-state index in [1.807, 2.05) is 13.0 Å². The van der Waals surface area contributed by atoms with Gasteiger partial charge >= 0.3 is 18.0 Å². The zero-order valence-corrected chi connectivity index (χ0v) is 17.4. The van der Waals surface area contributed by atoms with Gasteiger partial charge in [-0.05, 0) is 51.0 Å². The summed E-state index contributed by atoms with van der Waals surface area (Å²) in [7, 11) is 0. The normalized spacial score (nSPS) is 16.0. The zero-order chi connectivity index (χ0) is 21.4. The Morgan fingerprint density at radius 3 is 2.69 bits per heavy atom. The van der Waals surface area contributed by atoms with E-state index in [-0.39, 0.29) is 30.9 Å². The average molecular weight is 425 g/mol. The van der Waals surface area contributed by atoms with E-state index in [4.69, 9.17) is 25.8 Å². The van der Waals surface area contributed by atoms with Crippen LogP contribution in [0.15, 0.2) is 29.5 Å². The van der Waals surface area contributed by atoms with Gasteiger partial charge in [0.2, 0.25) is 0 Å². The number of benzene rings is 1. The summed E-state index contributed by atoms with van der Waals surface area (Å²) in [5, 5.41) is 5.75. The summed E-state index contributed by atoms with van der Waals surface area (Å²) in [4.78, 5) is 35.8. The predicted octanol–water partition coefficient (Wildman–Crippen LogP) is 2.87. The third-order valence-corrected chi connectivity index (χ3v) is 4.59.